The molecule has 0 bridgehead atoms. The topological polar surface area (TPSA) is 27.1 Å². The molecule has 0 atom stereocenters. The van der Waals surface area contributed by atoms with Crippen LogP contribution in [0.2, 0.25) is 0 Å². The highest BCUT2D eigenvalue weighted by atomic mass is 79.9. The monoisotopic (exact) mass is 336 g/mol. The summed E-state index contributed by atoms with van der Waals surface area (Å²) in [5.41, 5.74) is 3.42. The number of halogens is 1. The molecule has 4 heteroatoms. The number of benzene rings is 1. The van der Waals surface area contributed by atoms with Crippen molar-refractivity contribution >= 4 is 15.9 Å². The van der Waals surface area contributed by atoms with Gasteiger partial charge in [0.1, 0.15) is 5.75 Å². The zero-order valence-corrected chi connectivity index (χ0v) is 14.5. The van der Waals surface area contributed by atoms with E-state index in [4.69, 9.17) is 4.74 Å². The van der Waals surface area contributed by atoms with Crippen molar-refractivity contribution < 1.29 is 4.74 Å². The second-order valence-electron chi connectivity index (χ2n) is 6.23. The largest absolute Gasteiger partial charge is 0.436 e. The minimum atomic E-state index is -0.0680. The summed E-state index contributed by atoms with van der Waals surface area (Å²) in [4.78, 5) is 0. The van der Waals surface area contributed by atoms with Gasteiger partial charge < -0.3 is 4.74 Å². The molecule has 20 heavy (non-hydrogen) atoms. The highest BCUT2D eigenvalue weighted by Crippen LogP contribution is 2.34. The molecule has 0 saturated carbocycles. The minimum Gasteiger partial charge on any atom is -0.436 e. The van der Waals surface area contributed by atoms with Crippen molar-refractivity contribution in [2.75, 3.05) is 0 Å². The normalized spacial score (nSPS) is 11.8. The van der Waals surface area contributed by atoms with Crippen molar-refractivity contribution in [1.29, 1.82) is 0 Å². The second kappa shape index (κ2) is 5.24. The molecule has 0 aliphatic carbocycles. The van der Waals surface area contributed by atoms with Crippen molar-refractivity contribution in [2.24, 2.45) is 0 Å². The second-order valence-corrected chi connectivity index (χ2v) is 7.08. The van der Waals surface area contributed by atoms with Crippen molar-refractivity contribution in [2.45, 2.75) is 47.1 Å². The molecular formula is C16H21BrN2O. The molecule has 108 valence electrons. The maximum atomic E-state index is 6.02. The molecule has 0 aliphatic rings. The molecule has 0 saturated heterocycles. The van der Waals surface area contributed by atoms with E-state index in [0.29, 0.717) is 5.88 Å². The molecule has 1 heterocycles. The number of hydrogen-bond donors (Lipinski definition) is 0. The highest BCUT2D eigenvalue weighted by molar-refractivity contribution is 9.10. The van der Waals surface area contributed by atoms with E-state index >= 15 is 0 Å². The Balaban J connectivity index is 2.39. The predicted molar refractivity (Wildman–Crippen MR) is 85.7 cm³/mol. The summed E-state index contributed by atoms with van der Waals surface area (Å²) in [5.74, 6) is 1.49. The average molecular weight is 337 g/mol. The summed E-state index contributed by atoms with van der Waals surface area (Å²) in [6, 6.07) is 4.24. The highest BCUT2D eigenvalue weighted by Gasteiger charge is 2.19. The number of rotatable bonds is 2. The lowest BCUT2D eigenvalue weighted by Gasteiger charge is -2.18. The average Bonchev–Trinajstić information content (AvgIpc) is 2.65. The third-order valence-electron chi connectivity index (χ3n) is 3.13. The van der Waals surface area contributed by atoms with Gasteiger partial charge in [0.15, 0.2) is 0 Å². The van der Waals surface area contributed by atoms with E-state index in [2.05, 4.69) is 74.7 Å². The molecule has 0 N–H and O–H groups in total. The molecule has 2 aromatic rings. The lowest BCUT2D eigenvalue weighted by Crippen LogP contribution is -2.22. The zero-order valence-electron chi connectivity index (χ0n) is 12.9. The van der Waals surface area contributed by atoms with Gasteiger partial charge >= 0.3 is 0 Å². The van der Waals surface area contributed by atoms with Crippen molar-refractivity contribution in [3.05, 3.63) is 39.5 Å². The SMILES string of the molecule is Cc1cc(C)c(Oc2nn(C(C)(C)C)cc2Br)c(C)c1. The fraction of sp³-hybridized carbons (Fsp3) is 0.438. The summed E-state index contributed by atoms with van der Waals surface area (Å²) in [6.07, 6.45) is 1.95. The van der Waals surface area contributed by atoms with Crippen LogP contribution in [0.3, 0.4) is 0 Å². The third kappa shape index (κ3) is 3.06. The van der Waals surface area contributed by atoms with Gasteiger partial charge in [-0.3, -0.25) is 4.68 Å². The van der Waals surface area contributed by atoms with E-state index in [9.17, 15) is 0 Å². The summed E-state index contributed by atoms with van der Waals surface area (Å²) in [7, 11) is 0. The Bertz CT molecular complexity index is 615. The summed E-state index contributed by atoms with van der Waals surface area (Å²) < 4.78 is 8.80. The quantitative estimate of drug-likeness (QED) is 0.761. The summed E-state index contributed by atoms with van der Waals surface area (Å²) in [6.45, 7) is 12.5. The van der Waals surface area contributed by atoms with Crippen LogP contribution in [0.1, 0.15) is 37.5 Å². The van der Waals surface area contributed by atoms with Gasteiger partial charge in [-0.1, -0.05) is 17.7 Å². The standard InChI is InChI=1S/C16H21BrN2O/c1-10-7-11(2)14(12(3)8-10)20-15-13(17)9-19(18-15)16(4,5)6/h7-9H,1-6H3. The Morgan fingerprint density at radius 1 is 1.10 bits per heavy atom. The van der Waals surface area contributed by atoms with E-state index in [0.717, 1.165) is 21.3 Å². The van der Waals surface area contributed by atoms with E-state index in [1.54, 1.807) is 0 Å². The molecular weight excluding hydrogens is 316 g/mol. The first kappa shape index (κ1) is 15.1. The van der Waals surface area contributed by atoms with Gasteiger partial charge in [-0.15, -0.1) is 5.10 Å². The lowest BCUT2D eigenvalue weighted by molar-refractivity contribution is 0.340. The molecule has 2 rings (SSSR count). The summed E-state index contributed by atoms with van der Waals surface area (Å²) in [5, 5.41) is 4.53. The molecule has 0 aliphatic heterocycles. The van der Waals surface area contributed by atoms with E-state index < -0.39 is 0 Å². The predicted octanol–water partition coefficient (Wildman–Crippen LogP) is 5.12. The van der Waals surface area contributed by atoms with Crippen molar-refractivity contribution in [1.82, 2.24) is 9.78 Å². The van der Waals surface area contributed by atoms with Crippen LogP contribution in [0.25, 0.3) is 0 Å². The van der Waals surface area contributed by atoms with E-state index in [1.807, 2.05) is 10.9 Å². The van der Waals surface area contributed by atoms with E-state index in [1.165, 1.54) is 5.56 Å². The van der Waals surface area contributed by atoms with Crippen LogP contribution in [0.15, 0.2) is 22.8 Å². The number of hydrogen-bond acceptors (Lipinski definition) is 2. The van der Waals surface area contributed by atoms with Gasteiger partial charge in [-0.25, -0.2) is 0 Å². The Morgan fingerprint density at radius 2 is 1.65 bits per heavy atom. The number of aromatic nitrogens is 2. The Labute approximate surface area is 129 Å². The Kier molecular flexibility index (Phi) is 3.96. The first-order valence-corrected chi connectivity index (χ1v) is 7.49. The van der Waals surface area contributed by atoms with Crippen LogP contribution in [0.5, 0.6) is 11.6 Å². The maximum absolute atomic E-state index is 6.02. The van der Waals surface area contributed by atoms with Gasteiger partial charge in [0.25, 0.3) is 5.88 Å². The van der Waals surface area contributed by atoms with Gasteiger partial charge in [0.05, 0.1) is 10.0 Å². The number of ether oxygens (including phenoxy) is 1. The number of nitrogens with zero attached hydrogens (tertiary/aromatic N) is 2. The van der Waals surface area contributed by atoms with Gasteiger partial charge in [0.2, 0.25) is 0 Å². The molecule has 3 nitrogen and oxygen atoms in total. The molecule has 0 radical (unpaired) electrons. The van der Waals surface area contributed by atoms with Crippen LogP contribution in [0.4, 0.5) is 0 Å². The first-order chi connectivity index (χ1) is 9.18. The smallest absolute Gasteiger partial charge is 0.252 e. The molecule has 1 aromatic heterocycles. The maximum Gasteiger partial charge on any atom is 0.252 e. The molecule has 0 unspecified atom stereocenters. The van der Waals surface area contributed by atoms with Crippen molar-refractivity contribution in [3.8, 4) is 11.6 Å². The third-order valence-corrected chi connectivity index (χ3v) is 3.67. The van der Waals surface area contributed by atoms with Gasteiger partial charge in [0, 0.05) is 6.20 Å². The summed E-state index contributed by atoms with van der Waals surface area (Å²) >= 11 is 3.52. The molecule has 0 spiro atoms. The molecule has 0 amide bonds. The van der Waals surface area contributed by atoms with Gasteiger partial charge in [-0.05, 0) is 68.6 Å². The van der Waals surface area contributed by atoms with Crippen LogP contribution in [-0.2, 0) is 5.54 Å². The lowest BCUT2D eigenvalue weighted by atomic mass is 10.1. The number of aryl methyl sites for hydroxylation is 3. The Hall–Kier alpha value is -1.29. The van der Waals surface area contributed by atoms with Crippen LogP contribution in [0, 0.1) is 20.8 Å². The van der Waals surface area contributed by atoms with Crippen LogP contribution < -0.4 is 4.74 Å². The molecule has 0 fully saturated rings. The first-order valence-electron chi connectivity index (χ1n) is 6.70. The van der Waals surface area contributed by atoms with Crippen molar-refractivity contribution in [3.63, 3.8) is 0 Å². The Morgan fingerprint density at radius 3 is 2.10 bits per heavy atom. The minimum absolute atomic E-state index is 0.0680. The van der Waals surface area contributed by atoms with Crippen LogP contribution in [-0.4, -0.2) is 9.78 Å². The van der Waals surface area contributed by atoms with Gasteiger partial charge in [-0.2, -0.15) is 0 Å². The fourth-order valence-electron chi connectivity index (χ4n) is 2.17. The fourth-order valence-corrected chi connectivity index (χ4v) is 2.53. The molecule has 1 aromatic carbocycles. The zero-order chi connectivity index (χ0) is 15.1. The van der Waals surface area contributed by atoms with Crippen LogP contribution >= 0.6 is 15.9 Å². The van der Waals surface area contributed by atoms with E-state index in [-0.39, 0.29) is 5.54 Å².